The topological polar surface area (TPSA) is 129 Å². The number of tetrazole rings is 1. The maximum atomic E-state index is 14.4. The van der Waals surface area contributed by atoms with Crippen LogP contribution in [-0.2, 0) is 11.3 Å². The highest BCUT2D eigenvalue weighted by molar-refractivity contribution is 6.30. The number of halogens is 5. The van der Waals surface area contributed by atoms with E-state index in [9.17, 15) is 18.0 Å². The summed E-state index contributed by atoms with van der Waals surface area (Å²) in [6.07, 6.45) is 0.751. The number of nitrogens with zero attached hydrogens (tertiary/aromatic N) is 5. The number of pyridine rings is 1. The van der Waals surface area contributed by atoms with Crippen molar-refractivity contribution in [3.05, 3.63) is 46.9 Å². The minimum atomic E-state index is -1.10. The quantitative estimate of drug-likeness (QED) is 0.545. The largest absolute Gasteiger partial charge is 0.481 e. The van der Waals surface area contributed by atoms with E-state index >= 15 is 0 Å². The Hall–Kier alpha value is -2.96. The van der Waals surface area contributed by atoms with Gasteiger partial charge in [-0.25, -0.2) is 18.2 Å². The Balaban J connectivity index is 0.00000320. The van der Waals surface area contributed by atoms with Gasteiger partial charge in [0.1, 0.15) is 5.82 Å². The molecule has 1 unspecified atom stereocenters. The van der Waals surface area contributed by atoms with Crippen LogP contribution in [0.3, 0.4) is 0 Å². The first-order valence-corrected chi connectivity index (χ1v) is 8.34. The average Bonchev–Trinajstić information content (AvgIpc) is 3.07. The molecule has 2 aromatic heterocycles. The maximum Gasteiger partial charge on any atom is 0.304 e. The summed E-state index contributed by atoms with van der Waals surface area (Å²) in [7, 11) is 0. The number of benzene rings is 1. The molecule has 0 fully saturated rings. The number of carbonyl (C=O) groups is 1. The lowest BCUT2D eigenvalue weighted by molar-refractivity contribution is -0.137. The van der Waals surface area contributed by atoms with Crippen molar-refractivity contribution in [3.8, 4) is 23.0 Å². The number of hydrogen-bond acceptors (Lipinski definition) is 7. The van der Waals surface area contributed by atoms with Crippen LogP contribution in [0.15, 0.2) is 24.4 Å². The van der Waals surface area contributed by atoms with Crippen molar-refractivity contribution < 1.29 is 27.8 Å². The van der Waals surface area contributed by atoms with Gasteiger partial charge >= 0.3 is 5.97 Å². The highest BCUT2D eigenvalue weighted by Crippen LogP contribution is 2.31. The van der Waals surface area contributed by atoms with E-state index < -0.39 is 41.1 Å². The van der Waals surface area contributed by atoms with Gasteiger partial charge in [0.05, 0.1) is 23.6 Å². The molecule has 3 rings (SSSR count). The van der Waals surface area contributed by atoms with E-state index in [1.165, 1.54) is 0 Å². The number of aromatic nitrogens is 5. The van der Waals surface area contributed by atoms with Gasteiger partial charge in [-0.15, -0.1) is 22.6 Å². The average molecular weight is 465 g/mol. The molecule has 0 aliphatic rings. The molecule has 1 atom stereocenters. The third kappa shape index (κ3) is 5.55. The molecule has 0 aliphatic heterocycles. The number of nitrogens with two attached hydrogens (primary N) is 1. The van der Waals surface area contributed by atoms with E-state index in [1.54, 1.807) is 0 Å². The van der Waals surface area contributed by atoms with Gasteiger partial charge in [-0.05, 0) is 17.3 Å². The molecule has 0 saturated heterocycles. The summed E-state index contributed by atoms with van der Waals surface area (Å²) in [5, 5.41) is 19.8. The van der Waals surface area contributed by atoms with Crippen molar-refractivity contribution in [3.63, 3.8) is 0 Å². The lowest BCUT2D eigenvalue weighted by Crippen LogP contribution is -2.30. The maximum absolute atomic E-state index is 14.4. The Labute approximate surface area is 178 Å². The summed E-state index contributed by atoms with van der Waals surface area (Å²) >= 11 is 5.57. The third-order valence-electron chi connectivity index (χ3n) is 3.53. The Morgan fingerprint density at radius 1 is 1.23 bits per heavy atom. The molecule has 1 aromatic carbocycles. The van der Waals surface area contributed by atoms with Crippen LogP contribution in [0.2, 0.25) is 5.02 Å². The van der Waals surface area contributed by atoms with Gasteiger partial charge in [0.2, 0.25) is 5.82 Å². The lowest BCUT2D eigenvalue weighted by Gasteiger charge is -2.08. The third-order valence-corrected chi connectivity index (χ3v) is 3.74. The van der Waals surface area contributed by atoms with E-state index in [4.69, 9.17) is 27.2 Å². The number of aliphatic carboxylic acids is 1. The molecule has 0 spiro atoms. The number of carboxylic acid groups (broad SMARTS) is 1. The molecule has 2 heterocycles. The molecule has 0 aliphatic carbocycles. The standard InChI is InChI=1S/C16H12ClF3N6O3.ClH/c17-7-1-12(20)16(22-5-7)29-13-4-10(18)9(3-11(13)19)15-23-25-26(24-15)6-8(21)2-14(27)28;/h1,3-5,8H,2,6,21H2,(H,27,28);1H. The Morgan fingerprint density at radius 2 is 1.97 bits per heavy atom. The predicted molar refractivity (Wildman–Crippen MR) is 99.9 cm³/mol. The second kappa shape index (κ2) is 9.69. The van der Waals surface area contributed by atoms with Gasteiger partial charge in [0.15, 0.2) is 17.4 Å². The second-order valence-electron chi connectivity index (χ2n) is 5.83. The van der Waals surface area contributed by atoms with Crippen LogP contribution in [0.5, 0.6) is 11.6 Å². The van der Waals surface area contributed by atoms with Crippen LogP contribution in [0.4, 0.5) is 13.2 Å². The SMILES string of the molecule is Cl.NC(CC(=O)O)Cn1nnc(-c2cc(F)c(Oc3ncc(Cl)cc3F)cc2F)n1. The van der Waals surface area contributed by atoms with Crippen LogP contribution >= 0.6 is 24.0 Å². The normalized spacial score (nSPS) is 11.6. The van der Waals surface area contributed by atoms with E-state index in [0.717, 1.165) is 23.1 Å². The first-order valence-electron chi connectivity index (χ1n) is 7.96. The van der Waals surface area contributed by atoms with Gasteiger partial charge < -0.3 is 15.6 Å². The Kier molecular flexibility index (Phi) is 7.54. The molecule has 30 heavy (non-hydrogen) atoms. The zero-order chi connectivity index (χ0) is 21.1. The molecule has 3 aromatic rings. The smallest absolute Gasteiger partial charge is 0.304 e. The summed E-state index contributed by atoms with van der Waals surface area (Å²) < 4.78 is 47.5. The molecule has 0 radical (unpaired) electrons. The van der Waals surface area contributed by atoms with Crippen molar-refractivity contribution in [1.29, 1.82) is 0 Å². The summed E-state index contributed by atoms with van der Waals surface area (Å²) in [5.74, 6) is -5.52. The number of ether oxygens (including phenoxy) is 1. The summed E-state index contributed by atoms with van der Waals surface area (Å²) in [5.41, 5.74) is 5.28. The second-order valence-corrected chi connectivity index (χ2v) is 6.27. The molecular weight excluding hydrogens is 452 g/mol. The Morgan fingerprint density at radius 3 is 2.63 bits per heavy atom. The lowest BCUT2D eigenvalue weighted by atomic mass is 10.2. The van der Waals surface area contributed by atoms with Crippen molar-refractivity contribution >= 4 is 30.0 Å². The van der Waals surface area contributed by atoms with Gasteiger partial charge in [-0.2, -0.15) is 4.80 Å². The highest BCUT2D eigenvalue weighted by Gasteiger charge is 2.19. The van der Waals surface area contributed by atoms with Crippen LogP contribution < -0.4 is 10.5 Å². The zero-order valence-electron chi connectivity index (χ0n) is 14.8. The van der Waals surface area contributed by atoms with Crippen LogP contribution in [-0.4, -0.2) is 42.3 Å². The number of carboxylic acids is 1. The molecule has 14 heteroatoms. The minimum Gasteiger partial charge on any atom is -0.481 e. The number of hydrogen-bond donors (Lipinski definition) is 2. The minimum absolute atomic E-state index is 0. The van der Waals surface area contributed by atoms with E-state index in [2.05, 4.69) is 20.4 Å². The van der Waals surface area contributed by atoms with E-state index in [-0.39, 0.29) is 41.8 Å². The first-order chi connectivity index (χ1) is 13.7. The fraction of sp³-hybridized carbons (Fsp3) is 0.188. The molecular formula is C16H13Cl2F3N6O3. The van der Waals surface area contributed by atoms with Gasteiger partial charge in [-0.1, -0.05) is 11.6 Å². The molecule has 9 nitrogen and oxygen atoms in total. The van der Waals surface area contributed by atoms with Crippen LogP contribution in [0.1, 0.15) is 6.42 Å². The summed E-state index contributed by atoms with van der Waals surface area (Å²) in [6.45, 7) is -0.0912. The van der Waals surface area contributed by atoms with E-state index in [1.807, 2.05) is 0 Å². The fourth-order valence-electron chi connectivity index (χ4n) is 2.29. The summed E-state index contributed by atoms with van der Waals surface area (Å²) in [4.78, 5) is 15.2. The van der Waals surface area contributed by atoms with Crippen molar-refractivity contribution in [2.24, 2.45) is 5.73 Å². The molecule has 0 saturated carbocycles. The van der Waals surface area contributed by atoms with Gasteiger partial charge in [0.25, 0.3) is 5.88 Å². The predicted octanol–water partition coefficient (Wildman–Crippen LogP) is 2.82. The van der Waals surface area contributed by atoms with Gasteiger partial charge in [-0.3, -0.25) is 4.79 Å². The monoisotopic (exact) mass is 464 g/mol. The first kappa shape index (κ1) is 23.3. The van der Waals surface area contributed by atoms with Crippen LogP contribution in [0.25, 0.3) is 11.4 Å². The summed E-state index contributed by atoms with van der Waals surface area (Å²) in [6, 6.07) is 1.53. The molecule has 160 valence electrons. The molecule has 0 bridgehead atoms. The molecule has 0 amide bonds. The highest BCUT2D eigenvalue weighted by atomic mass is 35.5. The van der Waals surface area contributed by atoms with E-state index in [0.29, 0.717) is 6.07 Å². The Bertz CT molecular complexity index is 1070. The van der Waals surface area contributed by atoms with Crippen molar-refractivity contribution in [1.82, 2.24) is 25.2 Å². The fourth-order valence-corrected chi connectivity index (χ4v) is 2.43. The van der Waals surface area contributed by atoms with Gasteiger partial charge in [0, 0.05) is 18.3 Å². The van der Waals surface area contributed by atoms with Crippen molar-refractivity contribution in [2.45, 2.75) is 19.0 Å². The number of rotatable bonds is 7. The molecule has 3 N–H and O–H groups in total. The van der Waals surface area contributed by atoms with Crippen LogP contribution in [0, 0.1) is 17.5 Å². The van der Waals surface area contributed by atoms with Crippen molar-refractivity contribution in [2.75, 3.05) is 0 Å². The zero-order valence-corrected chi connectivity index (χ0v) is 16.4.